The molecule has 0 bridgehead atoms. The average Bonchev–Trinajstić information content (AvgIpc) is 2.92. The molecule has 0 unspecified atom stereocenters. The van der Waals surface area contributed by atoms with Crippen LogP contribution in [0, 0.1) is 0 Å². The molecule has 3 rings (SSSR count). The molecule has 0 aliphatic heterocycles. The zero-order chi connectivity index (χ0) is 15.5. The Morgan fingerprint density at radius 3 is 2.55 bits per heavy atom. The SMILES string of the molecule is CCn1cc(COc2ccccc2OC)c2c(O)cccc21. The summed E-state index contributed by atoms with van der Waals surface area (Å²) in [5.74, 6) is 1.67. The molecule has 0 aliphatic rings. The van der Waals surface area contributed by atoms with Gasteiger partial charge in [-0.25, -0.2) is 0 Å². The number of phenols is 1. The van der Waals surface area contributed by atoms with Gasteiger partial charge in [0.1, 0.15) is 12.4 Å². The van der Waals surface area contributed by atoms with E-state index in [0.29, 0.717) is 18.1 Å². The average molecular weight is 297 g/mol. The van der Waals surface area contributed by atoms with E-state index in [1.54, 1.807) is 13.2 Å². The molecule has 4 nitrogen and oxygen atoms in total. The van der Waals surface area contributed by atoms with Gasteiger partial charge in [-0.3, -0.25) is 0 Å². The fraction of sp³-hybridized carbons (Fsp3) is 0.222. The minimum Gasteiger partial charge on any atom is -0.507 e. The van der Waals surface area contributed by atoms with E-state index in [2.05, 4.69) is 11.5 Å². The first-order valence-electron chi connectivity index (χ1n) is 7.30. The van der Waals surface area contributed by atoms with Crippen molar-refractivity contribution in [3.8, 4) is 17.2 Å². The van der Waals surface area contributed by atoms with E-state index in [-0.39, 0.29) is 5.75 Å². The van der Waals surface area contributed by atoms with Crippen molar-refractivity contribution in [3.05, 3.63) is 54.2 Å². The molecular formula is C18H19NO3. The third-order valence-electron chi connectivity index (χ3n) is 3.76. The number of fused-ring (bicyclic) bond motifs is 1. The van der Waals surface area contributed by atoms with Crippen molar-refractivity contribution in [1.29, 1.82) is 0 Å². The Balaban J connectivity index is 1.94. The summed E-state index contributed by atoms with van der Waals surface area (Å²) in [7, 11) is 1.62. The number of aryl methyl sites for hydroxylation is 1. The number of nitrogens with zero attached hydrogens (tertiary/aromatic N) is 1. The molecule has 1 heterocycles. The van der Waals surface area contributed by atoms with Crippen LogP contribution in [0.25, 0.3) is 10.9 Å². The molecule has 0 amide bonds. The van der Waals surface area contributed by atoms with E-state index in [9.17, 15) is 5.11 Å². The number of ether oxygens (including phenoxy) is 2. The molecule has 1 aromatic heterocycles. The van der Waals surface area contributed by atoms with Crippen molar-refractivity contribution in [2.75, 3.05) is 7.11 Å². The lowest BCUT2D eigenvalue weighted by molar-refractivity contribution is 0.285. The fourth-order valence-corrected chi connectivity index (χ4v) is 2.68. The van der Waals surface area contributed by atoms with Crippen molar-refractivity contribution < 1.29 is 14.6 Å². The Labute approximate surface area is 129 Å². The molecule has 0 radical (unpaired) electrons. The van der Waals surface area contributed by atoms with E-state index >= 15 is 0 Å². The lowest BCUT2D eigenvalue weighted by Crippen LogP contribution is -1.97. The van der Waals surface area contributed by atoms with Crippen LogP contribution < -0.4 is 9.47 Å². The normalized spacial score (nSPS) is 10.8. The van der Waals surface area contributed by atoms with Crippen LogP contribution in [-0.2, 0) is 13.2 Å². The van der Waals surface area contributed by atoms with Crippen molar-refractivity contribution in [2.45, 2.75) is 20.1 Å². The maximum Gasteiger partial charge on any atom is 0.161 e. The summed E-state index contributed by atoms with van der Waals surface area (Å²) in [5.41, 5.74) is 1.97. The van der Waals surface area contributed by atoms with Crippen molar-refractivity contribution >= 4 is 10.9 Å². The second-order valence-electron chi connectivity index (χ2n) is 5.05. The Morgan fingerprint density at radius 1 is 1.05 bits per heavy atom. The molecule has 0 aliphatic carbocycles. The Hall–Kier alpha value is -2.62. The summed E-state index contributed by atoms with van der Waals surface area (Å²) in [6.07, 6.45) is 2.03. The van der Waals surface area contributed by atoms with E-state index in [1.807, 2.05) is 42.6 Å². The fourth-order valence-electron chi connectivity index (χ4n) is 2.68. The molecule has 4 heteroatoms. The standard InChI is InChI=1S/C18H19NO3/c1-3-19-11-13(18-14(19)7-6-8-15(18)20)12-22-17-10-5-4-9-16(17)21-2/h4-11,20H,3,12H2,1-2H3. The molecule has 0 saturated heterocycles. The van der Waals surface area contributed by atoms with E-state index in [1.165, 1.54) is 0 Å². The lowest BCUT2D eigenvalue weighted by atomic mass is 10.1. The predicted octanol–water partition coefficient (Wildman–Crippen LogP) is 3.95. The minimum atomic E-state index is 0.281. The van der Waals surface area contributed by atoms with E-state index in [4.69, 9.17) is 9.47 Å². The van der Waals surface area contributed by atoms with Gasteiger partial charge >= 0.3 is 0 Å². The van der Waals surface area contributed by atoms with Gasteiger partial charge < -0.3 is 19.1 Å². The number of methoxy groups -OCH3 is 1. The molecule has 22 heavy (non-hydrogen) atoms. The van der Waals surface area contributed by atoms with Crippen LogP contribution in [-0.4, -0.2) is 16.8 Å². The zero-order valence-corrected chi connectivity index (χ0v) is 12.7. The monoisotopic (exact) mass is 297 g/mol. The maximum atomic E-state index is 10.2. The van der Waals surface area contributed by atoms with Gasteiger partial charge in [0.25, 0.3) is 0 Å². The summed E-state index contributed by atoms with van der Waals surface area (Å²) in [6, 6.07) is 13.1. The van der Waals surface area contributed by atoms with Gasteiger partial charge in [-0.1, -0.05) is 18.2 Å². The first-order valence-corrected chi connectivity index (χ1v) is 7.30. The second-order valence-corrected chi connectivity index (χ2v) is 5.05. The Morgan fingerprint density at radius 2 is 1.82 bits per heavy atom. The van der Waals surface area contributed by atoms with Crippen LogP contribution in [0.15, 0.2) is 48.7 Å². The molecule has 1 N–H and O–H groups in total. The highest BCUT2D eigenvalue weighted by molar-refractivity contribution is 5.89. The third-order valence-corrected chi connectivity index (χ3v) is 3.76. The van der Waals surface area contributed by atoms with Gasteiger partial charge in [-0.05, 0) is 31.2 Å². The molecule has 0 atom stereocenters. The molecule has 0 fully saturated rings. The van der Waals surface area contributed by atoms with Gasteiger partial charge in [0, 0.05) is 23.7 Å². The Kier molecular flexibility index (Phi) is 3.92. The number of aromatic nitrogens is 1. The predicted molar refractivity (Wildman–Crippen MR) is 86.6 cm³/mol. The van der Waals surface area contributed by atoms with Crippen LogP contribution in [0.3, 0.4) is 0 Å². The second kappa shape index (κ2) is 6.02. The number of hydrogen-bond donors (Lipinski definition) is 1. The maximum absolute atomic E-state index is 10.2. The number of aromatic hydroxyl groups is 1. The first-order chi connectivity index (χ1) is 10.7. The quantitative estimate of drug-likeness (QED) is 0.775. The molecular weight excluding hydrogens is 278 g/mol. The number of para-hydroxylation sites is 2. The highest BCUT2D eigenvalue weighted by Crippen LogP contribution is 2.32. The molecule has 0 spiro atoms. The van der Waals surface area contributed by atoms with Crippen LogP contribution in [0.2, 0.25) is 0 Å². The minimum absolute atomic E-state index is 0.281. The van der Waals surface area contributed by atoms with Gasteiger partial charge in [0.05, 0.1) is 12.6 Å². The first kappa shape index (κ1) is 14.3. The van der Waals surface area contributed by atoms with Crippen molar-refractivity contribution in [2.24, 2.45) is 0 Å². The third kappa shape index (κ3) is 2.48. The van der Waals surface area contributed by atoms with Crippen LogP contribution in [0.1, 0.15) is 12.5 Å². The van der Waals surface area contributed by atoms with Crippen molar-refractivity contribution in [3.63, 3.8) is 0 Å². The van der Waals surface area contributed by atoms with Crippen LogP contribution in [0.5, 0.6) is 17.2 Å². The smallest absolute Gasteiger partial charge is 0.161 e. The van der Waals surface area contributed by atoms with Crippen molar-refractivity contribution in [1.82, 2.24) is 4.57 Å². The summed E-state index contributed by atoms with van der Waals surface area (Å²) in [5, 5.41) is 11.0. The number of benzene rings is 2. The van der Waals surface area contributed by atoms with Gasteiger partial charge in [0.2, 0.25) is 0 Å². The molecule has 0 saturated carbocycles. The van der Waals surface area contributed by atoms with Gasteiger partial charge in [-0.2, -0.15) is 0 Å². The Bertz CT molecular complexity index is 792. The van der Waals surface area contributed by atoms with Gasteiger partial charge in [-0.15, -0.1) is 0 Å². The molecule has 3 aromatic rings. The summed E-state index contributed by atoms with van der Waals surface area (Å²) < 4.78 is 13.3. The summed E-state index contributed by atoms with van der Waals surface area (Å²) >= 11 is 0. The molecule has 114 valence electrons. The van der Waals surface area contributed by atoms with E-state index in [0.717, 1.165) is 23.0 Å². The van der Waals surface area contributed by atoms with E-state index < -0.39 is 0 Å². The number of rotatable bonds is 5. The van der Waals surface area contributed by atoms with Crippen LogP contribution in [0.4, 0.5) is 0 Å². The highest BCUT2D eigenvalue weighted by atomic mass is 16.5. The largest absolute Gasteiger partial charge is 0.507 e. The summed E-state index contributed by atoms with van der Waals surface area (Å²) in [4.78, 5) is 0. The molecule has 2 aromatic carbocycles. The zero-order valence-electron chi connectivity index (χ0n) is 12.7. The van der Waals surface area contributed by atoms with Crippen LogP contribution >= 0.6 is 0 Å². The summed E-state index contributed by atoms with van der Waals surface area (Å²) in [6.45, 7) is 3.30. The van der Waals surface area contributed by atoms with Gasteiger partial charge in [0.15, 0.2) is 11.5 Å². The number of phenolic OH excluding ortho intramolecular Hbond substituents is 1. The number of hydrogen-bond acceptors (Lipinski definition) is 3. The highest BCUT2D eigenvalue weighted by Gasteiger charge is 2.12. The topological polar surface area (TPSA) is 43.6 Å². The lowest BCUT2D eigenvalue weighted by Gasteiger charge is -2.10.